The van der Waals surface area contributed by atoms with E-state index in [4.69, 9.17) is 4.74 Å². The maximum atomic E-state index is 12.5. The number of allylic oxidation sites excluding steroid dienone is 1. The van der Waals surface area contributed by atoms with E-state index >= 15 is 0 Å². The Kier molecular flexibility index (Phi) is 7.37. The highest BCUT2D eigenvalue weighted by Crippen LogP contribution is 2.36. The number of nitriles is 1. The Morgan fingerprint density at radius 3 is 2.65 bits per heavy atom. The highest BCUT2D eigenvalue weighted by Gasteiger charge is 2.30. The monoisotopic (exact) mass is 435 g/mol. The molecule has 1 aliphatic rings. The molecule has 31 heavy (non-hydrogen) atoms. The van der Waals surface area contributed by atoms with Crippen molar-refractivity contribution in [3.05, 3.63) is 69.8 Å². The van der Waals surface area contributed by atoms with Crippen LogP contribution in [0.1, 0.15) is 36.0 Å². The van der Waals surface area contributed by atoms with Gasteiger partial charge >= 0.3 is 0 Å². The van der Waals surface area contributed by atoms with E-state index in [-0.39, 0.29) is 29.9 Å². The largest absolute Gasteiger partial charge is 0.494 e. The van der Waals surface area contributed by atoms with Crippen LogP contribution in [0.2, 0.25) is 0 Å². The van der Waals surface area contributed by atoms with Gasteiger partial charge in [-0.2, -0.15) is 5.26 Å². The van der Waals surface area contributed by atoms with Gasteiger partial charge in [0.1, 0.15) is 5.75 Å². The highest BCUT2D eigenvalue weighted by atomic mass is 32.2. The number of nitrogens with one attached hydrogen (secondary N) is 2. The molecular weight excluding hydrogens is 410 g/mol. The fourth-order valence-corrected chi connectivity index (χ4v) is 4.34. The second-order valence-corrected chi connectivity index (χ2v) is 8.30. The molecule has 3 rings (SSSR count). The van der Waals surface area contributed by atoms with E-state index in [1.54, 1.807) is 0 Å². The number of benzene rings is 2. The molecule has 0 bridgehead atoms. The molecule has 1 atom stereocenters. The highest BCUT2D eigenvalue weighted by molar-refractivity contribution is 8.03. The zero-order valence-corrected chi connectivity index (χ0v) is 18.6. The quantitative estimate of drug-likeness (QED) is 0.672. The van der Waals surface area contributed by atoms with Gasteiger partial charge in [-0.1, -0.05) is 41.6 Å². The number of thioether (sulfide) groups is 1. The number of carbonyl (C=O) groups excluding carboxylic acids is 2. The normalized spacial score (nSPS) is 15.8. The molecule has 2 N–H and O–H groups in total. The maximum Gasteiger partial charge on any atom is 0.234 e. The van der Waals surface area contributed by atoms with Crippen LogP contribution in [0.25, 0.3) is 0 Å². The third-order valence-electron chi connectivity index (χ3n) is 4.95. The summed E-state index contributed by atoms with van der Waals surface area (Å²) in [5.74, 6) is 0.116. The molecule has 1 heterocycles. The zero-order valence-electron chi connectivity index (χ0n) is 17.8. The molecule has 2 aromatic carbocycles. The molecular formula is C24H25N3O3S. The summed E-state index contributed by atoms with van der Waals surface area (Å²) in [5.41, 5.74) is 4.20. The van der Waals surface area contributed by atoms with E-state index in [1.165, 1.54) is 11.8 Å². The number of amides is 2. The van der Waals surface area contributed by atoms with Crippen LogP contribution in [0.15, 0.2) is 53.1 Å². The number of aryl methyl sites for hydroxylation is 2. The van der Waals surface area contributed by atoms with Gasteiger partial charge in [-0.3, -0.25) is 9.59 Å². The van der Waals surface area contributed by atoms with Gasteiger partial charge in [0.15, 0.2) is 0 Å². The molecule has 2 amide bonds. The van der Waals surface area contributed by atoms with Crippen molar-refractivity contribution in [2.45, 2.75) is 33.1 Å². The Bertz CT molecular complexity index is 1050. The van der Waals surface area contributed by atoms with Crippen LogP contribution in [0.3, 0.4) is 0 Å². The smallest absolute Gasteiger partial charge is 0.234 e. The number of rotatable bonds is 7. The Morgan fingerprint density at radius 2 is 2.00 bits per heavy atom. The maximum absolute atomic E-state index is 12.5. The van der Waals surface area contributed by atoms with Crippen molar-refractivity contribution >= 4 is 29.3 Å². The van der Waals surface area contributed by atoms with E-state index in [0.717, 1.165) is 28.1 Å². The summed E-state index contributed by atoms with van der Waals surface area (Å²) >= 11 is 1.17. The number of hydrogen-bond acceptors (Lipinski definition) is 5. The van der Waals surface area contributed by atoms with Crippen molar-refractivity contribution in [1.82, 2.24) is 5.32 Å². The summed E-state index contributed by atoms with van der Waals surface area (Å²) in [5, 5.41) is 15.9. The Morgan fingerprint density at radius 1 is 1.26 bits per heavy atom. The average Bonchev–Trinajstić information content (AvgIpc) is 2.74. The van der Waals surface area contributed by atoms with E-state index in [1.807, 2.05) is 63.2 Å². The van der Waals surface area contributed by atoms with Crippen molar-refractivity contribution in [2.75, 3.05) is 17.7 Å². The number of anilines is 1. The molecule has 0 saturated carbocycles. The van der Waals surface area contributed by atoms with Crippen LogP contribution >= 0.6 is 11.8 Å². The molecule has 0 unspecified atom stereocenters. The topological polar surface area (TPSA) is 91.2 Å². The lowest BCUT2D eigenvalue weighted by atomic mass is 9.87. The van der Waals surface area contributed by atoms with Gasteiger partial charge in [0.05, 0.1) is 29.0 Å². The SMILES string of the molecule is CCOc1ccc([C@@H]2CC(=O)NC(SCC(=O)Nc3ccc(C)cc3C)=C2C#N)cc1. The van der Waals surface area contributed by atoms with Crippen LogP contribution < -0.4 is 15.4 Å². The van der Waals surface area contributed by atoms with Crippen LogP contribution in [0.5, 0.6) is 5.75 Å². The van der Waals surface area contributed by atoms with Crippen LogP contribution in [0, 0.1) is 25.2 Å². The van der Waals surface area contributed by atoms with Gasteiger partial charge in [0.2, 0.25) is 11.8 Å². The molecule has 7 heteroatoms. The molecule has 2 aromatic rings. The summed E-state index contributed by atoms with van der Waals surface area (Å²) in [6.45, 7) is 6.42. The van der Waals surface area contributed by atoms with Crippen molar-refractivity contribution in [2.24, 2.45) is 0 Å². The third kappa shape index (κ3) is 5.68. The summed E-state index contributed by atoms with van der Waals surface area (Å²) in [4.78, 5) is 24.8. The molecule has 0 fully saturated rings. The Labute approximate surface area is 186 Å². The van der Waals surface area contributed by atoms with Crippen molar-refractivity contribution in [3.8, 4) is 11.8 Å². The lowest BCUT2D eigenvalue weighted by Gasteiger charge is -2.25. The minimum Gasteiger partial charge on any atom is -0.494 e. The lowest BCUT2D eigenvalue weighted by Crippen LogP contribution is -2.31. The standard InChI is InChI=1S/C24H25N3O3S/c1-4-30-18-8-6-17(7-9-18)19-12-22(28)27-24(20(19)13-25)31-14-23(29)26-21-10-5-15(2)11-16(21)3/h5-11,19H,4,12,14H2,1-3H3,(H,26,29)(H,27,28)/t19-/m0/s1. The molecule has 160 valence electrons. The molecule has 0 radical (unpaired) electrons. The van der Waals surface area contributed by atoms with Gasteiger partial charge in [-0.15, -0.1) is 0 Å². The third-order valence-corrected chi connectivity index (χ3v) is 5.97. The minimum atomic E-state index is -0.348. The predicted molar refractivity (Wildman–Crippen MR) is 123 cm³/mol. The first-order valence-corrected chi connectivity index (χ1v) is 11.1. The van der Waals surface area contributed by atoms with Crippen molar-refractivity contribution < 1.29 is 14.3 Å². The van der Waals surface area contributed by atoms with Gasteiger partial charge in [-0.05, 0) is 50.1 Å². The molecule has 1 aliphatic heterocycles. The van der Waals surface area contributed by atoms with E-state index in [2.05, 4.69) is 16.7 Å². The Balaban J connectivity index is 1.74. The molecule has 6 nitrogen and oxygen atoms in total. The summed E-state index contributed by atoms with van der Waals surface area (Å²) in [7, 11) is 0. The number of nitrogens with zero attached hydrogens (tertiary/aromatic N) is 1. The predicted octanol–water partition coefficient (Wildman–Crippen LogP) is 4.41. The number of hydrogen-bond donors (Lipinski definition) is 2. The molecule has 0 aromatic heterocycles. The first-order valence-electron chi connectivity index (χ1n) is 10.1. The summed E-state index contributed by atoms with van der Waals surface area (Å²) in [6.07, 6.45) is 0.190. The summed E-state index contributed by atoms with van der Waals surface area (Å²) in [6, 6.07) is 15.5. The second-order valence-electron chi connectivity index (χ2n) is 7.32. The van der Waals surface area contributed by atoms with Gasteiger partial charge in [-0.25, -0.2) is 0 Å². The van der Waals surface area contributed by atoms with Crippen LogP contribution in [0.4, 0.5) is 5.69 Å². The molecule has 0 spiro atoms. The van der Waals surface area contributed by atoms with E-state index < -0.39 is 0 Å². The molecule has 0 aliphatic carbocycles. The molecule has 0 saturated heterocycles. The van der Waals surface area contributed by atoms with Crippen LogP contribution in [-0.4, -0.2) is 24.2 Å². The average molecular weight is 436 g/mol. The Hall–Kier alpha value is -3.24. The summed E-state index contributed by atoms with van der Waals surface area (Å²) < 4.78 is 5.47. The van der Waals surface area contributed by atoms with E-state index in [9.17, 15) is 14.9 Å². The fourth-order valence-electron chi connectivity index (χ4n) is 3.46. The number of ether oxygens (including phenoxy) is 1. The van der Waals surface area contributed by atoms with Gasteiger partial charge in [0, 0.05) is 18.0 Å². The van der Waals surface area contributed by atoms with Crippen LogP contribution in [-0.2, 0) is 9.59 Å². The van der Waals surface area contributed by atoms with Crippen molar-refractivity contribution in [1.29, 1.82) is 5.26 Å². The van der Waals surface area contributed by atoms with Gasteiger partial charge < -0.3 is 15.4 Å². The first kappa shape index (κ1) is 22.4. The number of carbonyl (C=O) groups is 2. The lowest BCUT2D eigenvalue weighted by molar-refractivity contribution is -0.121. The second kappa shape index (κ2) is 10.2. The van der Waals surface area contributed by atoms with E-state index in [0.29, 0.717) is 17.2 Å². The van der Waals surface area contributed by atoms with Gasteiger partial charge in [0.25, 0.3) is 0 Å². The fraction of sp³-hybridized carbons (Fsp3) is 0.292. The zero-order chi connectivity index (χ0) is 22.4. The van der Waals surface area contributed by atoms with Crippen molar-refractivity contribution in [3.63, 3.8) is 0 Å². The first-order chi connectivity index (χ1) is 14.9. The minimum absolute atomic E-state index is 0.0874.